The molecule has 0 spiro atoms. The molecule has 1 aliphatic rings. The number of aromatic nitrogens is 1. The predicted molar refractivity (Wildman–Crippen MR) is 73.0 cm³/mol. The van der Waals surface area contributed by atoms with Crippen molar-refractivity contribution in [3.63, 3.8) is 0 Å². The van der Waals surface area contributed by atoms with Gasteiger partial charge < -0.3 is 19.7 Å². The SMILES string of the molecule is CC(C)n1cc(Cl)cc1C(=O)NC1COCC1C(=O)O. The predicted octanol–water partition coefficient (Wildman–Crippen LogP) is 1.55. The van der Waals surface area contributed by atoms with Gasteiger partial charge in [0.15, 0.2) is 0 Å². The number of nitrogens with zero attached hydrogens (tertiary/aromatic N) is 1. The van der Waals surface area contributed by atoms with Gasteiger partial charge in [-0.25, -0.2) is 0 Å². The van der Waals surface area contributed by atoms with Crippen molar-refractivity contribution >= 4 is 23.5 Å². The van der Waals surface area contributed by atoms with Crippen LogP contribution in [0.1, 0.15) is 30.4 Å². The molecule has 1 fully saturated rings. The van der Waals surface area contributed by atoms with Crippen LogP contribution in [0.3, 0.4) is 0 Å². The van der Waals surface area contributed by atoms with Gasteiger partial charge in [-0.05, 0) is 19.9 Å². The van der Waals surface area contributed by atoms with E-state index in [1.165, 1.54) is 0 Å². The summed E-state index contributed by atoms with van der Waals surface area (Å²) in [6.45, 7) is 4.20. The summed E-state index contributed by atoms with van der Waals surface area (Å²) in [5, 5.41) is 12.2. The number of carbonyl (C=O) groups excluding carboxylic acids is 1. The monoisotopic (exact) mass is 300 g/mol. The standard InChI is InChI=1S/C13H17ClN2O4/c1-7(2)16-4-8(14)3-11(16)12(17)15-10-6-20-5-9(10)13(18)19/h3-4,7,9-10H,5-6H2,1-2H3,(H,15,17)(H,18,19). The highest BCUT2D eigenvalue weighted by atomic mass is 35.5. The molecule has 2 rings (SSSR count). The quantitative estimate of drug-likeness (QED) is 0.884. The number of ether oxygens (including phenoxy) is 1. The van der Waals surface area contributed by atoms with Crippen LogP contribution in [0.2, 0.25) is 5.02 Å². The molecule has 2 atom stereocenters. The first kappa shape index (κ1) is 14.9. The second-order valence-corrected chi connectivity index (χ2v) is 5.54. The van der Waals surface area contributed by atoms with Crippen LogP contribution >= 0.6 is 11.6 Å². The zero-order valence-corrected chi connectivity index (χ0v) is 12.1. The van der Waals surface area contributed by atoms with Gasteiger partial charge >= 0.3 is 5.97 Å². The second kappa shape index (κ2) is 5.85. The van der Waals surface area contributed by atoms with Crippen molar-refractivity contribution in [2.45, 2.75) is 25.9 Å². The van der Waals surface area contributed by atoms with Crippen LogP contribution in [0.5, 0.6) is 0 Å². The fraction of sp³-hybridized carbons (Fsp3) is 0.538. The molecule has 110 valence electrons. The number of halogens is 1. The smallest absolute Gasteiger partial charge is 0.311 e. The molecule has 0 saturated carbocycles. The minimum absolute atomic E-state index is 0.0818. The number of rotatable bonds is 4. The summed E-state index contributed by atoms with van der Waals surface area (Å²) in [5.41, 5.74) is 0.418. The summed E-state index contributed by atoms with van der Waals surface area (Å²) in [6, 6.07) is 1.13. The third-order valence-electron chi connectivity index (χ3n) is 3.32. The van der Waals surface area contributed by atoms with Gasteiger partial charge in [-0.3, -0.25) is 9.59 Å². The molecule has 1 aromatic heterocycles. The van der Waals surface area contributed by atoms with E-state index in [0.29, 0.717) is 10.7 Å². The van der Waals surface area contributed by atoms with Gasteiger partial charge in [0, 0.05) is 12.2 Å². The Bertz CT molecular complexity index is 526. The fourth-order valence-corrected chi connectivity index (χ4v) is 2.45. The van der Waals surface area contributed by atoms with Crippen molar-refractivity contribution in [1.82, 2.24) is 9.88 Å². The molecule has 0 aliphatic carbocycles. The Kier molecular flexibility index (Phi) is 4.35. The molecule has 6 nitrogen and oxygen atoms in total. The van der Waals surface area contributed by atoms with E-state index >= 15 is 0 Å². The van der Waals surface area contributed by atoms with Crippen LogP contribution in [0.25, 0.3) is 0 Å². The fourth-order valence-electron chi connectivity index (χ4n) is 2.24. The van der Waals surface area contributed by atoms with Crippen LogP contribution in [0, 0.1) is 5.92 Å². The number of carboxylic acids is 1. The van der Waals surface area contributed by atoms with E-state index in [-0.39, 0.29) is 25.2 Å². The largest absolute Gasteiger partial charge is 0.481 e. The summed E-state index contributed by atoms with van der Waals surface area (Å²) in [6.07, 6.45) is 1.68. The van der Waals surface area contributed by atoms with E-state index in [2.05, 4.69) is 5.32 Å². The van der Waals surface area contributed by atoms with Crippen molar-refractivity contribution in [2.24, 2.45) is 5.92 Å². The van der Waals surface area contributed by atoms with E-state index in [0.717, 1.165) is 0 Å². The van der Waals surface area contributed by atoms with Gasteiger partial charge in [0.1, 0.15) is 11.6 Å². The molecule has 1 aliphatic heterocycles. The van der Waals surface area contributed by atoms with Gasteiger partial charge in [-0.15, -0.1) is 0 Å². The maximum absolute atomic E-state index is 12.3. The molecular weight excluding hydrogens is 284 g/mol. The van der Waals surface area contributed by atoms with E-state index in [1.807, 2.05) is 13.8 Å². The first-order chi connectivity index (χ1) is 9.40. The molecule has 0 radical (unpaired) electrons. The van der Waals surface area contributed by atoms with Crippen LogP contribution in [-0.4, -0.2) is 40.8 Å². The lowest BCUT2D eigenvalue weighted by atomic mass is 10.0. The topological polar surface area (TPSA) is 80.6 Å². The average molecular weight is 301 g/mol. The molecule has 1 amide bonds. The number of carbonyl (C=O) groups is 2. The van der Waals surface area contributed by atoms with Crippen molar-refractivity contribution in [3.05, 3.63) is 23.0 Å². The minimum Gasteiger partial charge on any atom is -0.481 e. The molecule has 20 heavy (non-hydrogen) atoms. The zero-order valence-electron chi connectivity index (χ0n) is 11.3. The Hall–Kier alpha value is -1.53. The lowest BCUT2D eigenvalue weighted by Gasteiger charge is -2.17. The lowest BCUT2D eigenvalue weighted by Crippen LogP contribution is -2.43. The lowest BCUT2D eigenvalue weighted by molar-refractivity contribution is -0.142. The Balaban J connectivity index is 2.14. The third kappa shape index (κ3) is 2.96. The van der Waals surface area contributed by atoms with Gasteiger partial charge in [0.25, 0.3) is 5.91 Å². The Morgan fingerprint density at radius 2 is 2.20 bits per heavy atom. The van der Waals surface area contributed by atoms with E-state index < -0.39 is 17.9 Å². The molecule has 2 heterocycles. The molecule has 1 aromatic rings. The summed E-state index contributed by atoms with van der Waals surface area (Å²) >= 11 is 5.93. The molecule has 1 saturated heterocycles. The van der Waals surface area contributed by atoms with Crippen molar-refractivity contribution in [1.29, 1.82) is 0 Å². The minimum atomic E-state index is -0.968. The summed E-state index contributed by atoms with van der Waals surface area (Å²) in [5.74, 6) is -2.02. The van der Waals surface area contributed by atoms with Gasteiger partial charge in [-0.1, -0.05) is 11.6 Å². The summed E-state index contributed by atoms with van der Waals surface area (Å²) < 4.78 is 6.88. The van der Waals surface area contributed by atoms with Crippen LogP contribution in [0.15, 0.2) is 12.3 Å². The van der Waals surface area contributed by atoms with Gasteiger partial charge in [-0.2, -0.15) is 0 Å². The van der Waals surface area contributed by atoms with E-state index in [1.54, 1.807) is 16.8 Å². The second-order valence-electron chi connectivity index (χ2n) is 5.11. The van der Waals surface area contributed by atoms with E-state index in [9.17, 15) is 9.59 Å². The molecule has 2 unspecified atom stereocenters. The summed E-state index contributed by atoms with van der Waals surface area (Å²) in [4.78, 5) is 23.3. The Morgan fingerprint density at radius 3 is 2.80 bits per heavy atom. The summed E-state index contributed by atoms with van der Waals surface area (Å²) in [7, 11) is 0. The highest BCUT2D eigenvalue weighted by molar-refractivity contribution is 6.31. The number of amides is 1. The van der Waals surface area contributed by atoms with Crippen LogP contribution in [0.4, 0.5) is 0 Å². The number of nitrogens with one attached hydrogen (secondary N) is 1. The maximum Gasteiger partial charge on any atom is 0.311 e. The van der Waals surface area contributed by atoms with Crippen LogP contribution in [-0.2, 0) is 9.53 Å². The molecule has 0 aromatic carbocycles. The normalized spacial score (nSPS) is 22.2. The first-order valence-corrected chi connectivity index (χ1v) is 6.76. The van der Waals surface area contributed by atoms with Crippen molar-refractivity contribution in [2.75, 3.05) is 13.2 Å². The zero-order chi connectivity index (χ0) is 14.9. The maximum atomic E-state index is 12.3. The number of carboxylic acid groups (broad SMARTS) is 1. The highest BCUT2D eigenvalue weighted by Crippen LogP contribution is 2.20. The van der Waals surface area contributed by atoms with E-state index in [4.69, 9.17) is 21.4 Å². The van der Waals surface area contributed by atoms with Crippen molar-refractivity contribution in [3.8, 4) is 0 Å². The molecule has 2 N–H and O–H groups in total. The number of hydrogen-bond donors (Lipinski definition) is 2. The van der Waals surface area contributed by atoms with Crippen LogP contribution < -0.4 is 5.32 Å². The highest BCUT2D eigenvalue weighted by Gasteiger charge is 2.35. The number of hydrogen-bond acceptors (Lipinski definition) is 3. The van der Waals surface area contributed by atoms with Gasteiger partial charge in [0.05, 0.1) is 24.3 Å². The Labute approximate surface area is 121 Å². The number of aliphatic carboxylic acids is 1. The first-order valence-electron chi connectivity index (χ1n) is 6.39. The molecule has 0 bridgehead atoms. The van der Waals surface area contributed by atoms with Crippen molar-refractivity contribution < 1.29 is 19.4 Å². The third-order valence-corrected chi connectivity index (χ3v) is 3.53. The average Bonchev–Trinajstić information content (AvgIpc) is 2.95. The Morgan fingerprint density at radius 1 is 1.50 bits per heavy atom. The molecular formula is C13H17ClN2O4. The van der Waals surface area contributed by atoms with Gasteiger partial charge in [0.2, 0.25) is 0 Å². The molecule has 7 heteroatoms.